The van der Waals surface area contributed by atoms with Crippen molar-refractivity contribution in [2.24, 2.45) is 0 Å². The van der Waals surface area contributed by atoms with Crippen LogP contribution >= 0.6 is 11.6 Å². The smallest absolute Gasteiger partial charge is 0.257 e. The van der Waals surface area contributed by atoms with Gasteiger partial charge in [0.2, 0.25) is 10.0 Å². The normalized spacial score (nSPS) is 15.2. The summed E-state index contributed by atoms with van der Waals surface area (Å²) in [5, 5.41) is 2.91. The van der Waals surface area contributed by atoms with E-state index in [1.165, 1.54) is 22.5 Å². The molecule has 3 rings (SSSR count). The Morgan fingerprint density at radius 3 is 2.64 bits per heavy atom. The molecular weight excluding hydrogens is 404 g/mol. The molecule has 8 nitrogen and oxygen atoms in total. The number of rotatable bonds is 5. The van der Waals surface area contributed by atoms with E-state index in [0.29, 0.717) is 24.7 Å². The minimum absolute atomic E-state index is 0.0166. The third-order valence-electron chi connectivity index (χ3n) is 4.25. The second-order valence-electron chi connectivity index (χ2n) is 6.38. The van der Waals surface area contributed by atoms with Crippen molar-refractivity contribution in [3.05, 3.63) is 47.1 Å². The number of sulfonamides is 1. The van der Waals surface area contributed by atoms with Crippen molar-refractivity contribution in [1.29, 1.82) is 0 Å². The van der Waals surface area contributed by atoms with Crippen LogP contribution in [0.1, 0.15) is 10.4 Å². The molecule has 10 heteroatoms. The van der Waals surface area contributed by atoms with Crippen molar-refractivity contribution in [3.8, 4) is 0 Å². The molecule has 0 saturated carbocycles. The largest absolute Gasteiger partial charge is 0.379 e. The van der Waals surface area contributed by atoms with Crippen LogP contribution in [0, 0.1) is 0 Å². The maximum Gasteiger partial charge on any atom is 0.257 e. The van der Waals surface area contributed by atoms with E-state index in [2.05, 4.69) is 10.3 Å². The van der Waals surface area contributed by atoms with Crippen LogP contribution in [0.5, 0.6) is 0 Å². The Balaban J connectivity index is 1.90. The summed E-state index contributed by atoms with van der Waals surface area (Å²) in [7, 11) is -0.123. The van der Waals surface area contributed by atoms with Gasteiger partial charge in [-0.15, -0.1) is 0 Å². The molecule has 1 aliphatic rings. The Bertz CT molecular complexity index is 975. The van der Waals surface area contributed by atoms with Gasteiger partial charge in [-0.05, 0) is 30.3 Å². The van der Waals surface area contributed by atoms with Crippen LogP contribution in [0.15, 0.2) is 41.4 Å². The number of hydrogen-bond acceptors (Lipinski definition) is 6. The van der Waals surface area contributed by atoms with Gasteiger partial charge in [0.1, 0.15) is 0 Å². The Morgan fingerprint density at radius 1 is 1.25 bits per heavy atom. The Kier molecular flexibility index (Phi) is 6.19. The summed E-state index contributed by atoms with van der Waals surface area (Å²) in [6, 6.07) is 7.53. The average molecular weight is 425 g/mol. The van der Waals surface area contributed by atoms with Gasteiger partial charge in [-0.3, -0.25) is 4.79 Å². The van der Waals surface area contributed by atoms with E-state index in [4.69, 9.17) is 16.3 Å². The number of hydrogen-bond donors (Lipinski definition) is 1. The van der Waals surface area contributed by atoms with Crippen LogP contribution < -0.4 is 10.2 Å². The minimum atomic E-state index is -3.74. The van der Waals surface area contributed by atoms with E-state index in [1.807, 2.05) is 0 Å². The zero-order chi connectivity index (χ0) is 20.3. The lowest BCUT2D eigenvalue weighted by Crippen LogP contribution is -2.40. The fourth-order valence-corrected chi connectivity index (χ4v) is 4.45. The predicted octanol–water partition coefficient (Wildman–Crippen LogP) is 2.07. The number of carbonyl (C=O) groups is 1. The quantitative estimate of drug-likeness (QED) is 0.790. The number of nitrogens with zero attached hydrogens (tertiary/aromatic N) is 3. The van der Waals surface area contributed by atoms with Gasteiger partial charge in [-0.25, -0.2) is 13.4 Å². The molecule has 1 N–H and O–H groups in total. The summed E-state index contributed by atoms with van der Waals surface area (Å²) in [5.41, 5.74) is 0.569. The third kappa shape index (κ3) is 4.27. The first-order valence-electron chi connectivity index (χ1n) is 8.62. The number of benzene rings is 1. The van der Waals surface area contributed by atoms with Crippen molar-refractivity contribution in [2.75, 3.05) is 50.6 Å². The zero-order valence-corrected chi connectivity index (χ0v) is 17.1. The third-order valence-corrected chi connectivity index (χ3v) is 6.47. The van der Waals surface area contributed by atoms with Crippen molar-refractivity contribution in [3.63, 3.8) is 0 Å². The van der Waals surface area contributed by atoms with E-state index >= 15 is 0 Å². The molecule has 150 valence electrons. The zero-order valence-electron chi connectivity index (χ0n) is 15.6. The fraction of sp³-hybridized carbons (Fsp3) is 0.333. The Morgan fingerprint density at radius 2 is 1.96 bits per heavy atom. The molecule has 2 heterocycles. The Hall–Kier alpha value is -2.20. The highest BCUT2D eigenvalue weighted by molar-refractivity contribution is 7.89. The van der Waals surface area contributed by atoms with Crippen molar-refractivity contribution >= 4 is 39.0 Å². The molecule has 28 heavy (non-hydrogen) atoms. The van der Waals surface area contributed by atoms with Crippen LogP contribution in [0.2, 0.25) is 5.02 Å². The first-order chi connectivity index (χ1) is 13.3. The molecule has 0 aliphatic carbocycles. The number of halogens is 1. The minimum Gasteiger partial charge on any atom is -0.379 e. The van der Waals surface area contributed by atoms with Crippen LogP contribution in [-0.2, 0) is 14.8 Å². The molecule has 2 aromatic rings. The number of pyridine rings is 1. The first-order valence-corrected chi connectivity index (χ1v) is 10.4. The molecule has 1 fully saturated rings. The molecule has 1 amide bonds. The van der Waals surface area contributed by atoms with Crippen molar-refractivity contribution in [1.82, 2.24) is 9.29 Å². The second-order valence-corrected chi connectivity index (χ2v) is 8.73. The van der Waals surface area contributed by atoms with Crippen molar-refractivity contribution < 1.29 is 17.9 Å². The lowest BCUT2D eigenvalue weighted by Gasteiger charge is -2.26. The predicted molar refractivity (Wildman–Crippen MR) is 108 cm³/mol. The van der Waals surface area contributed by atoms with E-state index < -0.39 is 15.9 Å². The number of ether oxygens (including phenoxy) is 1. The van der Waals surface area contributed by atoms with Gasteiger partial charge in [0.25, 0.3) is 5.91 Å². The summed E-state index contributed by atoms with van der Waals surface area (Å²) in [6.45, 7) is 1.23. The monoisotopic (exact) mass is 424 g/mol. The first kappa shape index (κ1) is 20.5. The van der Waals surface area contributed by atoms with E-state index in [0.717, 1.165) is 0 Å². The van der Waals surface area contributed by atoms with Gasteiger partial charge in [0.15, 0.2) is 5.82 Å². The van der Waals surface area contributed by atoms with Gasteiger partial charge in [0, 0.05) is 33.4 Å². The number of carbonyl (C=O) groups excluding carboxylic acids is 1. The molecule has 1 saturated heterocycles. The number of nitrogens with one attached hydrogen (secondary N) is 1. The number of aromatic nitrogens is 1. The van der Waals surface area contributed by atoms with E-state index in [9.17, 15) is 13.2 Å². The van der Waals surface area contributed by atoms with Gasteiger partial charge < -0.3 is 15.0 Å². The van der Waals surface area contributed by atoms with Crippen LogP contribution in [-0.4, -0.2) is 64.0 Å². The highest BCUT2D eigenvalue weighted by Gasteiger charge is 2.27. The summed E-state index contributed by atoms with van der Waals surface area (Å²) in [4.78, 5) is 18.8. The van der Waals surface area contributed by atoms with Gasteiger partial charge in [-0.2, -0.15) is 4.31 Å². The standard InChI is InChI=1S/C18H21ClN4O4S/c1-22(2)17-16(4-3-7-20-17)21-18(24)14-12-13(5-6-15(14)19)28(25,26)23-8-10-27-11-9-23/h3-7,12H,8-11H2,1-2H3,(H,21,24). The number of morpholine rings is 1. The van der Waals surface area contributed by atoms with Gasteiger partial charge in [0.05, 0.1) is 34.4 Å². The van der Waals surface area contributed by atoms with Crippen LogP contribution in [0.25, 0.3) is 0 Å². The van der Waals surface area contributed by atoms with E-state index in [1.54, 1.807) is 37.3 Å². The molecule has 1 aromatic carbocycles. The van der Waals surface area contributed by atoms with E-state index in [-0.39, 0.29) is 28.6 Å². The summed E-state index contributed by atoms with van der Waals surface area (Å²) in [6.07, 6.45) is 1.62. The van der Waals surface area contributed by atoms with Crippen LogP contribution in [0.4, 0.5) is 11.5 Å². The molecule has 0 unspecified atom stereocenters. The molecule has 0 radical (unpaired) electrons. The lowest BCUT2D eigenvalue weighted by atomic mass is 10.2. The molecule has 0 bridgehead atoms. The van der Waals surface area contributed by atoms with Gasteiger partial charge in [-0.1, -0.05) is 11.6 Å². The molecule has 1 aromatic heterocycles. The summed E-state index contributed by atoms with van der Waals surface area (Å²) in [5.74, 6) is 0.0594. The number of amides is 1. The lowest BCUT2D eigenvalue weighted by molar-refractivity contribution is 0.0730. The number of anilines is 2. The van der Waals surface area contributed by atoms with Gasteiger partial charge >= 0.3 is 0 Å². The highest BCUT2D eigenvalue weighted by atomic mass is 35.5. The molecule has 1 aliphatic heterocycles. The molecule has 0 spiro atoms. The van der Waals surface area contributed by atoms with Crippen LogP contribution in [0.3, 0.4) is 0 Å². The molecular formula is C18H21ClN4O4S. The van der Waals surface area contributed by atoms with Crippen molar-refractivity contribution in [2.45, 2.75) is 4.90 Å². The maximum atomic E-state index is 12.9. The summed E-state index contributed by atoms with van der Waals surface area (Å²) < 4.78 is 32.3. The SMILES string of the molecule is CN(C)c1ncccc1NC(=O)c1cc(S(=O)(=O)N2CCOCC2)ccc1Cl. The highest BCUT2D eigenvalue weighted by Crippen LogP contribution is 2.26. The maximum absolute atomic E-state index is 12.9. The second kappa shape index (κ2) is 8.44. The molecule has 0 atom stereocenters. The summed E-state index contributed by atoms with van der Waals surface area (Å²) >= 11 is 6.18. The fourth-order valence-electron chi connectivity index (χ4n) is 2.82. The Labute approximate surface area is 169 Å². The average Bonchev–Trinajstić information content (AvgIpc) is 2.69. The topological polar surface area (TPSA) is 91.8 Å².